The Balaban J connectivity index is 1.46. The summed E-state index contributed by atoms with van der Waals surface area (Å²) >= 11 is 1.37. The maximum Gasteiger partial charge on any atom is 0.263 e. The molecule has 126 valence electrons. The second-order valence-electron chi connectivity index (χ2n) is 6.08. The molecule has 1 aliphatic rings. The summed E-state index contributed by atoms with van der Waals surface area (Å²) in [7, 11) is 0. The number of nitrogens with zero attached hydrogens (tertiary/aromatic N) is 2. The van der Waals surface area contributed by atoms with Crippen molar-refractivity contribution in [3.63, 3.8) is 0 Å². The van der Waals surface area contributed by atoms with Crippen LogP contribution in [0.4, 0.5) is 0 Å². The molecule has 0 spiro atoms. The number of rotatable bonds is 4. The zero-order valence-corrected chi connectivity index (χ0v) is 14.5. The SMILES string of the molecule is Cc1ncsc1C(=O)NCC1CCN(C(=O)c2ccccc2)CC1. The van der Waals surface area contributed by atoms with Crippen LogP contribution >= 0.6 is 11.3 Å². The molecule has 0 saturated carbocycles. The van der Waals surface area contributed by atoms with Crippen LogP contribution in [-0.4, -0.2) is 41.3 Å². The van der Waals surface area contributed by atoms with Crippen LogP contribution in [0.25, 0.3) is 0 Å². The van der Waals surface area contributed by atoms with E-state index < -0.39 is 0 Å². The number of aromatic nitrogens is 1. The fourth-order valence-electron chi connectivity index (χ4n) is 2.94. The number of amides is 2. The number of carbonyl (C=O) groups excluding carboxylic acids is 2. The molecule has 1 saturated heterocycles. The summed E-state index contributed by atoms with van der Waals surface area (Å²) in [6.45, 7) is 3.99. The third-order valence-electron chi connectivity index (χ3n) is 4.43. The van der Waals surface area contributed by atoms with Crippen molar-refractivity contribution in [2.45, 2.75) is 19.8 Å². The first-order valence-corrected chi connectivity index (χ1v) is 9.05. The lowest BCUT2D eigenvalue weighted by Gasteiger charge is -2.32. The molecular formula is C18H21N3O2S. The van der Waals surface area contributed by atoms with E-state index in [2.05, 4.69) is 10.3 Å². The van der Waals surface area contributed by atoms with Gasteiger partial charge in [0.25, 0.3) is 11.8 Å². The number of thiazole rings is 1. The van der Waals surface area contributed by atoms with E-state index in [0.29, 0.717) is 17.3 Å². The van der Waals surface area contributed by atoms with E-state index >= 15 is 0 Å². The van der Waals surface area contributed by atoms with Crippen LogP contribution < -0.4 is 5.32 Å². The van der Waals surface area contributed by atoms with E-state index in [-0.39, 0.29) is 11.8 Å². The van der Waals surface area contributed by atoms with Gasteiger partial charge in [-0.15, -0.1) is 11.3 Å². The van der Waals surface area contributed by atoms with Crippen molar-refractivity contribution in [1.82, 2.24) is 15.2 Å². The average molecular weight is 343 g/mol. The van der Waals surface area contributed by atoms with Crippen LogP contribution in [0.1, 0.15) is 38.6 Å². The Bertz CT molecular complexity index is 706. The Hall–Kier alpha value is -2.21. The molecule has 0 aliphatic carbocycles. The molecule has 1 N–H and O–H groups in total. The number of piperidine rings is 1. The van der Waals surface area contributed by atoms with Gasteiger partial charge in [0, 0.05) is 25.2 Å². The zero-order valence-electron chi connectivity index (χ0n) is 13.7. The van der Waals surface area contributed by atoms with Crippen LogP contribution in [0.15, 0.2) is 35.8 Å². The maximum atomic E-state index is 12.4. The molecular weight excluding hydrogens is 322 g/mol. The van der Waals surface area contributed by atoms with Crippen LogP contribution in [-0.2, 0) is 0 Å². The zero-order chi connectivity index (χ0) is 16.9. The van der Waals surface area contributed by atoms with Crippen molar-refractivity contribution in [2.75, 3.05) is 19.6 Å². The number of hydrogen-bond donors (Lipinski definition) is 1. The molecule has 24 heavy (non-hydrogen) atoms. The van der Waals surface area contributed by atoms with Crippen molar-refractivity contribution in [2.24, 2.45) is 5.92 Å². The lowest BCUT2D eigenvalue weighted by atomic mass is 9.96. The molecule has 0 unspecified atom stereocenters. The highest BCUT2D eigenvalue weighted by atomic mass is 32.1. The van der Waals surface area contributed by atoms with Crippen LogP contribution in [0, 0.1) is 12.8 Å². The van der Waals surface area contributed by atoms with Gasteiger partial charge in [0.2, 0.25) is 0 Å². The number of nitrogens with one attached hydrogen (secondary N) is 1. The third kappa shape index (κ3) is 3.82. The van der Waals surface area contributed by atoms with Crippen molar-refractivity contribution >= 4 is 23.2 Å². The average Bonchev–Trinajstić information content (AvgIpc) is 3.06. The summed E-state index contributed by atoms with van der Waals surface area (Å²) < 4.78 is 0. The first-order chi connectivity index (χ1) is 11.6. The van der Waals surface area contributed by atoms with Gasteiger partial charge in [0.15, 0.2) is 0 Å². The van der Waals surface area contributed by atoms with Crippen LogP contribution in [0.5, 0.6) is 0 Å². The fourth-order valence-corrected chi connectivity index (χ4v) is 3.66. The van der Waals surface area contributed by atoms with E-state index in [1.54, 1.807) is 5.51 Å². The molecule has 1 fully saturated rings. The van der Waals surface area contributed by atoms with E-state index in [4.69, 9.17) is 0 Å². The maximum absolute atomic E-state index is 12.4. The van der Waals surface area contributed by atoms with Gasteiger partial charge in [-0.2, -0.15) is 0 Å². The fraction of sp³-hybridized carbons (Fsp3) is 0.389. The van der Waals surface area contributed by atoms with Gasteiger partial charge in [0.05, 0.1) is 11.2 Å². The Morgan fingerprint density at radius 3 is 2.58 bits per heavy atom. The molecule has 2 amide bonds. The van der Waals surface area contributed by atoms with Crippen LogP contribution in [0.2, 0.25) is 0 Å². The van der Waals surface area contributed by atoms with Gasteiger partial charge >= 0.3 is 0 Å². The third-order valence-corrected chi connectivity index (χ3v) is 5.35. The van der Waals surface area contributed by atoms with Crippen molar-refractivity contribution in [3.05, 3.63) is 52.0 Å². The summed E-state index contributed by atoms with van der Waals surface area (Å²) in [6.07, 6.45) is 1.83. The molecule has 6 heteroatoms. The van der Waals surface area contributed by atoms with Crippen molar-refractivity contribution < 1.29 is 9.59 Å². The molecule has 1 aromatic heterocycles. The molecule has 0 radical (unpaired) electrons. The first-order valence-electron chi connectivity index (χ1n) is 8.17. The van der Waals surface area contributed by atoms with E-state index in [0.717, 1.165) is 37.2 Å². The minimum atomic E-state index is -0.0437. The van der Waals surface area contributed by atoms with Gasteiger partial charge in [-0.3, -0.25) is 9.59 Å². The minimum Gasteiger partial charge on any atom is -0.351 e. The Kier molecular flexibility index (Phi) is 5.25. The second-order valence-corrected chi connectivity index (χ2v) is 6.93. The van der Waals surface area contributed by atoms with Gasteiger partial charge in [-0.05, 0) is 37.8 Å². The van der Waals surface area contributed by atoms with E-state index in [1.807, 2.05) is 42.2 Å². The number of benzene rings is 1. The summed E-state index contributed by atoms with van der Waals surface area (Å²) in [5.41, 5.74) is 3.21. The molecule has 0 bridgehead atoms. The summed E-state index contributed by atoms with van der Waals surface area (Å²) in [4.78, 5) is 31.2. The molecule has 2 aromatic rings. The molecule has 0 atom stereocenters. The highest BCUT2D eigenvalue weighted by molar-refractivity contribution is 7.11. The largest absolute Gasteiger partial charge is 0.351 e. The lowest BCUT2D eigenvalue weighted by molar-refractivity contribution is 0.0684. The number of likely N-dealkylation sites (tertiary alicyclic amines) is 1. The first kappa shape index (κ1) is 16.6. The smallest absolute Gasteiger partial charge is 0.263 e. The van der Waals surface area contributed by atoms with Gasteiger partial charge in [0.1, 0.15) is 4.88 Å². The Morgan fingerprint density at radius 1 is 1.25 bits per heavy atom. The highest BCUT2D eigenvalue weighted by Gasteiger charge is 2.24. The molecule has 3 rings (SSSR count). The van der Waals surface area contributed by atoms with Gasteiger partial charge in [-0.1, -0.05) is 18.2 Å². The number of aryl methyl sites for hydroxylation is 1. The predicted octanol–water partition coefficient (Wildman–Crippen LogP) is 2.73. The molecule has 1 aromatic carbocycles. The standard InChI is InChI=1S/C18H21N3O2S/c1-13-16(24-12-20-13)17(22)19-11-14-7-9-21(10-8-14)18(23)15-5-3-2-4-6-15/h2-6,12,14H,7-11H2,1H3,(H,19,22). The summed E-state index contributed by atoms with van der Waals surface area (Å²) in [5, 5.41) is 3.00. The highest BCUT2D eigenvalue weighted by Crippen LogP contribution is 2.19. The quantitative estimate of drug-likeness (QED) is 0.928. The Labute approximate surface area is 145 Å². The number of carbonyl (C=O) groups is 2. The molecule has 5 nitrogen and oxygen atoms in total. The predicted molar refractivity (Wildman–Crippen MR) is 94.3 cm³/mol. The normalized spacial score (nSPS) is 15.3. The second kappa shape index (κ2) is 7.57. The van der Waals surface area contributed by atoms with Crippen LogP contribution in [0.3, 0.4) is 0 Å². The number of hydrogen-bond acceptors (Lipinski definition) is 4. The summed E-state index contributed by atoms with van der Waals surface area (Å²) in [6, 6.07) is 9.39. The molecule has 2 heterocycles. The lowest BCUT2D eigenvalue weighted by Crippen LogP contribution is -2.41. The van der Waals surface area contributed by atoms with Gasteiger partial charge < -0.3 is 10.2 Å². The van der Waals surface area contributed by atoms with Crippen molar-refractivity contribution in [1.29, 1.82) is 0 Å². The van der Waals surface area contributed by atoms with Crippen molar-refractivity contribution in [3.8, 4) is 0 Å². The van der Waals surface area contributed by atoms with E-state index in [9.17, 15) is 9.59 Å². The summed E-state index contributed by atoms with van der Waals surface area (Å²) in [5.74, 6) is 0.471. The minimum absolute atomic E-state index is 0.0437. The van der Waals surface area contributed by atoms with E-state index in [1.165, 1.54) is 11.3 Å². The monoisotopic (exact) mass is 343 g/mol. The molecule has 1 aliphatic heterocycles. The van der Waals surface area contributed by atoms with Gasteiger partial charge in [-0.25, -0.2) is 4.98 Å². The Morgan fingerprint density at radius 2 is 1.96 bits per heavy atom. The topological polar surface area (TPSA) is 62.3 Å².